The van der Waals surface area contributed by atoms with Crippen LogP contribution in [0.15, 0.2) is 16.6 Å². The van der Waals surface area contributed by atoms with Crippen molar-refractivity contribution >= 4 is 33.3 Å². The Morgan fingerprint density at radius 3 is 2.55 bits per heavy atom. The topological polar surface area (TPSA) is 37.8 Å². The summed E-state index contributed by atoms with van der Waals surface area (Å²) in [4.78, 5) is 8.89. The van der Waals surface area contributed by atoms with E-state index in [-0.39, 0.29) is 5.02 Å². The number of nitrogens with one attached hydrogen (secondary N) is 1. The van der Waals surface area contributed by atoms with E-state index in [2.05, 4.69) is 31.2 Å². The molecule has 1 N–H and O–H groups in total. The van der Waals surface area contributed by atoms with Crippen LogP contribution >= 0.6 is 27.5 Å². The molecule has 0 radical (unpaired) electrons. The second-order valence-electron chi connectivity index (χ2n) is 4.34. The average Bonchev–Trinajstić information content (AvgIpc) is 2.41. The van der Waals surface area contributed by atoms with Gasteiger partial charge < -0.3 is 5.32 Å². The Bertz CT molecular complexity index is 661. The lowest BCUT2D eigenvalue weighted by molar-refractivity contribution is 0.630. The molecule has 2 aromatic rings. The van der Waals surface area contributed by atoms with Gasteiger partial charge in [-0.1, -0.05) is 11.6 Å². The third-order valence-electron chi connectivity index (χ3n) is 2.94. The van der Waals surface area contributed by atoms with Gasteiger partial charge in [0.15, 0.2) is 11.6 Å². The smallest absolute Gasteiger partial charge is 0.153 e. The number of halogens is 3. The number of nitrogens with zero attached hydrogens (tertiary/aromatic N) is 2. The summed E-state index contributed by atoms with van der Waals surface area (Å²) in [6.07, 6.45) is 0. The van der Waals surface area contributed by atoms with Crippen LogP contribution in [0.4, 0.5) is 10.2 Å². The van der Waals surface area contributed by atoms with Gasteiger partial charge >= 0.3 is 0 Å². The van der Waals surface area contributed by atoms with E-state index in [1.807, 2.05) is 20.8 Å². The molecule has 0 saturated heterocycles. The van der Waals surface area contributed by atoms with Crippen LogP contribution in [0, 0.1) is 19.7 Å². The molecule has 0 amide bonds. The van der Waals surface area contributed by atoms with Gasteiger partial charge in [-0.3, -0.25) is 0 Å². The Morgan fingerprint density at radius 2 is 1.90 bits per heavy atom. The molecule has 2 rings (SSSR count). The zero-order valence-electron chi connectivity index (χ0n) is 11.4. The maximum Gasteiger partial charge on any atom is 0.153 e. The largest absolute Gasteiger partial charge is 0.369 e. The lowest BCUT2D eigenvalue weighted by Crippen LogP contribution is -2.07. The highest BCUT2D eigenvalue weighted by molar-refractivity contribution is 9.10. The van der Waals surface area contributed by atoms with E-state index in [1.165, 1.54) is 0 Å². The molecule has 1 aromatic carbocycles. The predicted octanol–water partition coefficient (Wildman–Crippen LogP) is 4.75. The molecule has 3 nitrogen and oxygen atoms in total. The summed E-state index contributed by atoms with van der Waals surface area (Å²) < 4.78 is 14.9. The normalized spacial score (nSPS) is 10.7. The van der Waals surface area contributed by atoms with Crippen molar-refractivity contribution in [1.82, 2.24) is 9.97 Å². The van der Waals surface area contributed by atoms with Gasteiger partial charge in [-0.05, 0) is 48.8 Å². The summed E-state index contributed by atoms with van der Waals surface area (Å²) in [5, 5.41) is 3.16. The van der Waals surface area contributed by atoms with Crippen molar-refractivity contribution in [3.05, 3.63) is 38.8 Å². The SMILES string of the molecule is CCNc1nc(C)c(C)nc1-c1ccc(Br)c(Cl)c1F. The zero-order valence-corrected chi connectivity index (χ0v) is 13.7. The molecule has 20 heavy (non-hydrogen) atoms. The maximum atomic E-state index is 14.3. The van der Waals surface area contributed by atoms with Crippen molar-refractivity contribution < 1.29 is 4.39 Å². The number of benzene rings is 1. The van der Waals surface area contributed by atoms with Gasteiger partial charge in [0.1, 0.15) is 5.69 Å². The second-order valence-corrected chi connectivity index (χ2v) is 5.58. The van der Waals surface area contributed by atoms with Gasteiger partial charge in [-0.25, -0.2) is 14.4 Å². The Kier molecular flexibility index (Phi) is 4.60. The van der Waals surface area contributed by atoms with Crippen LogP contribution in [0.5, 0.6) is 0 Å². The lowest BCUT2D eigenvalue weighted by atomic mass is 10.1. The fourth-order valence-corrected chi connectivity index (χ4v) is 2.26. The van der Waals surface area contributed by atoms with Gasteiger partial charge in [0, 0.05) is 16.6 Å². The van der Waals surface area contributed by atoms with Crippen LogP contribution in [-0.4, -0.2) is 16.5 Å². The Balaban J connectivity index is 2.68. The van der Waals surface area contributed by atoms with Crippen molar-refractivity contribution in [3.8, 4) is 11.3 Å². The minimum absolute atomic E-state index is 0.0463. The number of rotatable bonds is 3. The first-order valence-electron chi connectivity index (χ1n) is 6.18. The molecule has 6 heteroatoms. The van der Waals surface area contributed by atoms with E-state index < -0.39 is 5.82 Å². The van der Waals surface area contributed by atoms with Gasteiger partial charge in [-0.2, -0.15) is 0 Å². The molecule has 0 aliphatic heterocycles. The third kappa shape index (κ3) is 2.79. The van der Waals surface area contributed by atoms with Gasteiger partial charge in [0.05, 0.1) is 16.4 Å². The molecule has 0 spiro atoms. The fraction of sp³-hybridized carbons (Fsp3) is 0.286. The van der Waals surface area contributed by atoms with E-state index in [9.17, 15) is 4.39 Å². The summed E-state index contributed by atoms with van der Waals surface area (Å²) in [7, 11) is 0. The first-order valence-corrected chi connectivity index (χ1v) is 7.35. The average molecular weight is 359 g/mol. The Labute approximate surface area is 130 Å². The van der Waals surface area contributed by atoms with Crippen molar-refractivity contribution in [3.63, 3.8) is 0 Å². The van der Waals surface area contributed by atoms with E-state index in [1.54, 1.807) is 12.1 Å². The number of aromatic nitrogens is 2. The van der Waals surface area contributed by atoms with Crippen LogP contribution in [0.2, 0.25) is 5.02 Å². The molecule has 0 aliphatic rings. The molecule has 0 bridgehead atoms. The highest BCUT2D eigenvalue weighted by Gasteiger charge is 2.18. The minimum atomic E-state index is -0.502. The maximum absolute atomic E-state index is 14.3. The molecule has 0 unspecified atom stereocenters. The van der Waals surface area contributed by atoms with Crippen LogP contribution in [-0.2, 0) is 0 Å². The van der Waals surface area contributed by atoms with E-state index in [0.29, 0.717) is 28.1 Å². The molecule has 0 saturated carbocycles. The van der Waals surface area contributed by atoms with Crippen molar-refractivity contribution in [2.45, 2.75) is 20.8 Å². The first kappa shape index (κ1) is 15.2. The molecule has 1 aromatic heterocycles. The number of hydrogen-bond acceptors (Lipinski definition) is 3. The third-order valence-corrected chi connectivity index (χ3v) is 4.20. The van der Waals surface area contributed by atoms with E-state index in [4.69, 9.17) is 11.6 Å². The van der Waals surface area contributed by atoms with Crippen LogP contribution < -0.4 is 5.32 Å². The van der Waals surface area contributed by atoms with Crippen LogP contribution in [0.25, 0.3) is 11.3 Å². The molecular weight excluding hydrogens is 345 g/mol. The standard InChI is InChI=1S/C14H14BrClFN3/c1-4-18-14-13(19-7(2)8(3)20-14)9-5-6-10(15)11(16)12(9)17/h5-6H,4H2,1-3H3,(H,18,20). The summed E-state index contributed by atoms with van der Waals surface area (Å²) >= 11 is 9.15. The number of aryl methyl sites for hydroxylation is 2. The summed E-state index contributed by atoms with van der Waals surface area (Å²) in [5.41, 5.74) is 2.39. The van der Waals surface area contributed by atoms with Crippen molar-refractivity contribution in [2.75, 3.05) is 11.9 Å². The number of anilines is 1. The van der Waals surface area contributed by atoms with Crippen LogP contribution in [0.3, 0.4) is 0 Å². The molecule has 106 valence electrons. The van der Waals surface area contributed by atoms with Crippen LogP contribution in [0.1, 0.15) is 18.3 Å². The molecule has 0 fully saturated rings. The quantitative estimate of drug-likeness (QED) is 0.805. The minimum Gasteiger partial charge on any atom is -0.369 e. The highest BCUT2D eigenvalue weighted by atomic mass is 79.9. The monoisotopic (exact) mass is 357 g/mol. The molecule has 1 heterocycles. The molecule has 0 aliphatic carbocycles. The zero-order chi connectivity index (χ0) is 14.9. The van der Waals surface area contributed by atoms with Gasteiger partial charge in [-0.15, -0.1) is 0 Å². The van der Waals surface area contributed by atoms with Gasteiger partial charge in [0.2, 0.25) is 0 Å². The second kappa shape index (κ2) is 6.06. The first-order chi connectivity index (χ1) is 9.45. The summed E-state index contributed by atoms with van der Waals surface area (Å²) in [6, 6.07) is 3.35. The molecular formula is C14H14BrClFN3. The van der Waals surface area contributed by atoms with E-state index >= 15 is 0 Å². The lowest BCUT2D eigenvalue weighted by Gasteiger charge is -2.13. The van der Waals surface area contributed by atoms with Crippen molar-refractivity contribution in [1.29, 1.82) is 0 Å². The summed E-state index contributed by atoms with van der Waals surface area (Å²) in [6.45, 7) is 6.35. The Morgan fingerprint density at radius 1 is 1.25 bits per heavy atom. The van der Waals surface area contributed by atoms with Gasteiger partial charge in [0.25, 0.3) is 0 Å². The predicted molar refractivity (Wildman–Crippen MR) is 83.8 cm³/mol. The highest BCUT2D eigenvalue weighted by Crippen LogP contribution is 2.35. The molecule has 0 atom stereocenters. The Hall–Kier alpha value is -1.20. The number of hydrogen-bond donors (Lipinski definition) is 1. The summed E-state index contributed by atoms with van der Waals surface area (Å²) in [5.74, 6) is 0.0608. The fourth-order valence-electron chi connectivity index (χ4n) is 1.79. The van der Waals surface area contributed by atoms with Crippen molar-refractivity contribution in [2.24, 2.45) is 0 Å². The van der Waals surface area contributed by atoms with E-state index in [0.717, 1.165) is 11.4 Å².